The lowest BCUT2D eigenvalue weighted by Crippen LogP contribution is -2.56. The second-order valence-corrected chi connectivity index (χ2v) is 8.30. The Balaban J connectivity index is 1.29. The van der Waals surface area contributed by atoms with Gasteiger partial charge in [0.05, 0.1) is 7.11 Å². The summed E-state index contributed by atoms with van der Waals surface area (Å²) < 4.78 is 5.28. The van der Waals surface area contributed by atoms with Crippen LogP contribution in [0, 0.1) is 0 Å². The molecule has 1 atom stereocenters. The average molecular weight is 358 g/mol. The highest BCUT2D eigenvalue weighted by Gasteiger charge is 2.31. The van der Waals surface area contributed by atoms with Crippen LogP contribution in [0.25, 0.3) is 0 Å². The number of anilines is 1. The fraction of sp³-hybridized carbons (Fsp3) is 0.727. The van der Waals surface area contributed by atoms with E-state index in [2.05, 4.69) is 39.0 Å². The van der Waals surface area contributed by atoms with Crippen LogP contribution in [0.15, 0.2) is 24.3 Å². The van der Waals surface area contributed by atoms with Crippen molar-refractivity contribution in [3.8, 4) is 5.75 Å². The van der Waals surface area contributed by atoms with E-state index >= 15 is 0 Å². The van der Waals surface area contributed by atoms with Gasteiger partial charge < -0.3 is 9.64 Å². The third-order valence-electron chi connectivity index (χ3n) is 6.79. The molecular weight excluding hydrogens is 322 g/mol. The molecule has 0 bridgehead atoms. The second-order valence-electron chi connectivity index (χ2n) is 8.30. The Kier molecular flexibility index (Phi) is 6.01. The predicted octanol–water partition coefficient (Wildman–Crippen LogP) is 3.61. The summed E-state index contributed by atoms with van der Waals surface area (Å²) in [5, 5.41) is 0. The highest BCUT2D eigenvalue weighted by molar-refractivity contribution is 5.49. The van der Waals surface area contributed by atoms with Gasteiger partial charge in [-0.05, 0) is 56.5 Å². The Morgan fingerprint density at radius 1 is 0.731 bits per heavy atom. The lowest BCUT2D eigenvalue weighted by atomic mass is 9.91. The summed E-state index contributed by atoms with van der Waals surface area (Å²) in [5.74, 6) is 0.942. The molecule has 0 radical (unpaired) electrons. The minimum absolute atomic E-state index is 0.781. The number of hydrogen-bond acceptors (Lipinski definition) is 4. The van der Waals surface area contributed by atoms with Gasteiger partial charge in [-0.2, -0.15) is 0 Å². The molecular formula is C22H35N3O. The van der Waals surface area contributed by atoms with E-state index in [-0.39, 0.29) is 0 Å². The largest absolute Gasteiger partial charge is 0.497 e. The van der Waals surface area contributed by atoms with Crippen molar-refractivity contribution >= 4 is 5.69 Å². The predicted molar refractivity (Wildman–Crippen MR) is 108 cm³/mol. The molecule has 3 aliphatic rings. The average Bonchev–Trinajstić information content (AvgIpc) is 2.75. The van der Waals surface area contributed by atoms with Crippen LogP contribution in [0.5, 0.6) is 5.75 Å². The summed E-state index contributed by atoms with van der Waals surface area (Å²) in [6, 6.07) is 10.2. The summed E-state index contributed by atoms with van der Waals surface area (Å²) in [6.45, 7) is 7.35. The van der Waals surface area contributed by atoms with Gasteiger partial charge in [0.1, 0.15) is 5.75 Å². The molecule has 1 aromatic rings. The molecule has 4 nitrogen and oxygen atoms in total. The summed E-state index contributed by atoms with van der Waals surface area (Å²) in [5.41, 5.74) is 1.33. The van der Waals surface area contributed by atoms with Gasteiger partial charge in [-0.25, -0.2) is 0 Å². The molecule has 2 saturated heterocycles. The third-order valence-corrected chi connectivity index (χ3v) is 6.79. The normalized spacial score (nSPS) is 26.8. The molecule has 0 amide bonds. The number of ether oxygens (including phenoxy) is 1. The van der Waals surface area contributed by atoms with Gasteiger partial charge in [-0.3, -0.25) is 9.80 Å². The van der Waals surface area contributed by atoms with Crippen LogP contribution in [0.3, 0.4) is 0 Å². The van der Waals surface area contributed by atoms with Crippen molar-refractivity contribution in [3.63, 3.8) is 0 Å². The Labute approximate surface area is 159 Å². The lowest BCUT2D eigenvalue weighted by molar-refractivity contribution is 0.0553. The van der Waals surface area contributed by atoms with Crippen LogP contribution >= 0.6 is 0 Å². The van der Waals surface area contributed by atoms with Gasteiger partial charge in [-0.15, -0.1) is 0 Å². The Morgan fingerprint density at radius 2 is 1.42 bits per heavy atom. The molecule has 4 heteroatoms. The number of hydrogen-bond donors (Lipinski definition) is 0. The quantitative estimate of drug-likeness (QED) is 0.819. The number of likely N-dealkylation sites (tertiary alicyclic amines) is 1. The van der Waals surface area contributed by atoms with Crippen LogP contribution in [-0.2, 0) is 0 Å². The molecule has 3 fully saturated rings. The zero-order valence-corrected chi connectivity index (χ0v) is 16.4. The zero-order valence-electron chi connectivity index (χ0n) is 16.4. The van der Waals surface area contributed by atoms with Gasteiger partial charge in [0.25, 0.3) is 0 Å². The smallest absolute Gasteiger partial charge is 0.119 e. The van der Waals surface area contributed by atoms with E-state index in [4.69, 9.17) is 4.74 Å². The number of piperazine rings is 1. The highest BCUT2D eigenvalue weighted by Crippen LogP contribution is 2.28. The first-order valence-electron chi connectivity index (χ1n) is 10.7. The van der Waals surface area contributed by atoms with Crippen molar-refractivity contribution in [2.75, 3.05) is 51.3 Å². The molecule has 1 aliphatic carbocycles. The van der Waals surface area contributed by atoms with E-state index in [0.717, 1.165) is 30.9 Å². The fourth-order valence-corrected chi connectivity index (χ4v) is 5.20. The zero-order chi connectivity index (χ0) is 17.8. The minimum Gasteiger partial charge on any atom is -0.497 e. The SMILES string of the molecule is COc1ccc(N2CCN([C@H]3CCCN(C4CCCCC4)C3)CC2)cc1. The summed E-state index contributed by atoms with van der Waals surface area (Å²) >= 11 is 0. The van der Waals surface area contributed by atoms with Crippen molar-refractivity contribution < 1.29 is 4.74 Å². The molecule has 4 rings (SSSR count). The molecule has 0 aromatic heterocycles. The highest BCUT2D eigenvalue weighted by atomic mass is 16.5. The Hall–Kier alpha value is -1.26. The fourth-order valence-electron chi connectivity index (χ4n) is 5.20. The van der Waals surface area contributed by atoms with Crippen LogP contribution in [0.4, 0.5) is 5.69 Å². The molecule has 1 aromatic carbocycles. The van der Waals surface area contributed by atoms with Gasteiger partial charge in [0, 0.05) is 50.5 Å². The molecule has 1 saturated carbocycles. The molecule has 2 aliphatic heterocycles. The second kappa shape index (κ2) is 8.62. The molecule has 144 valence electrons. The molecule has 2 heterocycles. The third kappa shape index (κ3) is 4.17. The van der Waals surface area contributed by atoms with E-state index in [1.807, 2.05) is 0 Å². The van der Waals surface area contributed by atoms with E-state index < -0.39 is 0 Å². The van der Waals surface area contributed by atoms with E-state index in [9.17, 15) is 0 Å². The number of rotatable bonds is 4. The number of benzene rings is 1. The monoisotopic (exact) mass is 357 g/mol. The van der Waals surface area contributed by atoms with E-state index in [1.54, 1.807) is 7.11 Å². The summed E-state index contributed by atoms with van der Waals surface area (Å²) in [6.07, 6.45) is 10.0. The summed E-state index contributed by atoms with van der Waals surface area (Å²) in [4.78, 5) is 8.13. The maximum Gasteiger partial charge on any atom is 0.119 e. The number of piperidine rings is 1. The number of methoxy groups -OCH3 is 1. The Bertz CT molecular complexity index is 547. The van der Waals surface area contributed by atoms with Crippen molar-refractivity contribution in [3.05, 3.63) is 24.3 Å². The first-order chi connectivity index (χ1) is 12.8. The standard InChI is InChI=1S/C22H35N3O/c1-26-22-11-9-20(10-12-22)23-14-16-24(17-15-23)21-8-5-13-25(18-21)19-6-3-2-4-7-19/h9-12,19,21H,2-8,13-18H2,1H3/t21-/m0/s1. The minimum atomic E-state index is 0.781. The van der Waals surface area contributed by atoms with Gasteiger partial charge in [0.15, 0.2) is 0 Å². The van der Waals surface area contributed by atoms with Crippen molar-refractivity contribution in [2.45, 2.75) is 57.0 Å². The molecule has 0 unspecified atom stereocenters. The molecule has 0 N–H and O–H groups in total. The number of nitrogens with zero attached hydrogens (tertiary/aromatic N) is 3. The van der Waals surface area contributed by atoms with Crippen LogP contribution < -0.4 is 9.64 Å². The Morgan fingerprint density at radius 3 is 2.12 bits per heavy atom. The van der Waals surface area contributed by atoms with Gasteiger partial charge in [0.2, 0.25) is 0 Å². The van der Waals surface area contributed by atoms with Crippen molar-refractivity contribution in [1.29, 1.82) is 0 Å². The topological polar surface area (TPSA) is 19.0 Å². The van der Waals surface area contributed by atoms with Crippen LogP contribution in [0.2, 0.25) is 0 Å². The van der Waals surface area contributed by atoms with E-state index in [0.29, 0.717) is 0 Å². The first-order valence-corrected chi connectivity index (χ1v) is 10.7. The lowest BCUT2D eigenvalue weighted by Gasteiger charge is -2.46. The summed E-state index contributed by atoms with van der Waals surface area (Å²) in [7, 11) is 1.73. The first kappa shape index (κ1) is 18.1. The molecule has 26 heavy (non-hydrogen) atoms. The van der Waals surface area contributed by atoms with E-state index in [1.165, 1.54) is 76.8 Å². The van der Waals surface area contributed by atoms with Crippen LogP contribution in [-0.4, -0.2) is 68.3 Å². The van der Waals surface area contributed by atoms with Crippen molar-refractivity contribution in [1.82, 2.24) is 9.80 Å². The van der Waals surface area contributed by atoms with Crippen molar-refractivity contribution in [2.24, 2.45) is 0 Å². The van der Waals surface area contributed by atoms with Crippen LogP contribution in [0.1, 0.15) is 44.9 Å². The van der Waals surface area contributed by atoms with Gasteiger partial charge in [-0.1, -0.05) is 19.3 Å². The molecule has 0 spiro atoms. The maximum atomic E-state index is 5.28. The van der Waals surface area contributed by atoms with Gasteiger partial charge >= 0.3 is 0 Å². The maximum absolute atomic E-state index is 5.28.